The van der Waals surface area contributed by atoms with Crippen LogP contribution < -0.4 is 16.4 Å². The van der Waals surface area contributed by atoms with Crippen LogP contribution in [0.25, 0.3) is 0 Å². The number of nitrogens with one attached hydrogen (secondary N) is 2. The van der Waals surface area contributed by atoms with E-state index >= 15 is 0 Å². The Morgan fingerprint density at radius 1 is 1.40 bits per heavy atom. The minimum atomic E-state index is -0.319. The molecular weight excluding hydrogens is 258 g/mol. The van der Waals surface area contributed by atoms with Crippen LogP contribution in [0.5, 0.6) is 0 Å². The number of nitrogens with two attached hydrogens (primary N) is 1. The van der Waals surface area contributed by atoms with E-state index in [2.05, 4.69) is 24.5 Å². The third-order valence-electron chi connectivity index (χ3n) is 2.79. The predicted octanol–water partition coefficient (Wildman–Crippen LogP) is 0.889. The zero-order chi connectivity index (χ0) is 15.0. The Labute approximate surface area is 119 Å². The first kappa shape index (κ1) is 16.2. The predicted molar refractivity (Wildman–Crippen MR) is 76.1 cm³/mol. The Kier molecular flexibility index (Phi) is 6.79. The smallest absolute Gasteiger partial charge is 0.286 e. The molecule has 1 unspecified atom stereocenters. The van der Waals surface area contributed by atoms with Gasteiger partial charge in [-0.2, -0.15) is 0 Å². The summed E-state index contributed by atoms with van der Waals surface area (Å²) < 4.78 is 4.95. The molecule has 1 aromatic heterocycles. The zero-order valence-electron chi connectivity index (χ0n) is 12.0. The highest BCUT2D eigenvalue weighted by molar-refractivity contribution is 5.91. The molecule has 2 amide bonds. The van der Waals surface area contributed by atoms with Gasteiger partial charge in [0.25, 0.3) is 5.91 Å². The van der Waals surface area contributed by atoms with Gasteiger partial charge in [0.15, 0.2) is 5.76 Å². The van der Waals surface area contributed by atoms with Crippen LogP contribution >= 0.6 is 0 Å². The topological polar surface area (TPSA) is 97.4 Å². The minimum Gasteiger partial charge on any atom is -0.459 e. The number of hydrogen-bond acceptors (Lipinski definition) is 4. The summed E-state index contributed by atoms with van der Waals surface area (Å²) in [5, 5.41) is 5.49. The molecule has 0 aliphatic carbocycles. The molecule has 4 N–H and O–H groups in total. The van der Waals surface area contributed by atoms with Crippen LogP contribution in [0.4, 0.5) is 0 Å². The van der Waals surface area contributed by atoms with Crippen molar-refractivity contribution in [3.63, 3.8) is 0 Å². The van der Waals surface area contributed by atoms with Gasteiger partial charge >= 0.3 is 0 Å². The second-order valence-corrected chi connectivity index (χ2v) is 5.11. The summed E-state index contributed by atoms with van der Waals surface area (Å²) in [5.74, 6) is 0.286. The van der Waals surface area contributed by atoms with Crippen LogP contribution in [-0.4, -0.2) is 30.9 Å². The molecule has 1 rings (SSSR count). The molecular formula is C14H23N3O3. The van der Waals surface area contributed by atoms with E-state index in [0.717, 1.165) is 6.42 Å². The van der Waals surface area contributed by atoms with Crippen molar-refractivity contribution in [1.29, 1.82) is 0 Å². The fraction of sp³-hybridized carbons (Fsp3) is 0.571. The summed E-state index contributed by atoms with van der Waals surface area (Å²) in [7, 11) is 0. The van der Waals surface area contributed by atoms with E-state index in [0.29, 0.717) is 12.5 Å². The first-order valence-electron chi connectivity index (χ1n) is 6.84. The van der Waals surface area contributed by atoms with E-state index in [1.165, 1.54) is 6.26 Å². The van der Waals surface area contributed by atoms with Crippen LogP contribution in [0.15, 0.2) is 22.8 Å². The Bertz CT molecular complexity index is 415. The zero-order valence-corrected chi connectivity index (χ0v) is 12.0. The van der Waals surface area contributed by atoms with Crippen molar-refractivity contribution in [1.82, 2.24) is 10.6 Å². The first-order chi connectivity index (χ1) is 9.52. The van der Waals surface area contributed by atoms with Crippen molar-refractivity contribution in [3.8, 4) is 0 Å². The molecule has 6 nitrogen and oxygen atoms in total. The van der Waals surface area contributed by atoms with Gasteiger partial charge in [-0.1, -0.05) is 13.8 Å². The Morgan fingerprint density at radius 2 is 2.15 bits per heavy atom. The molecule has 0 bridgehead atoms. The van der Waals surface area contributed by atoms with Crippen LogP contribution in [0.3, 0.4) is 0 Å². The second-order valence-electron chi connectivity index (χ2n) is 5.11. The molecule has 1 heterocycles. The third-order valence-corrected chi connectivity index (χ3v) is 2.79. The van der Waals surface area contributed by atoms with Gasteiger partial charge in [-0.15, -0.1) is 0 Å². The number of carbonyl (C=O) groups is 2. The molecule has 0 saturated carbocycles. The molecule has 112 valence electrons. The lowest BCUT2D eigenvalue weighted by molar-refractivity contribution is -0.121. The lowest BCUT2D eigenvalue weighted by Crippen LogP contribution is -2.42. The van der Waals surface area contributed by atoms with Crippen LogP contribution in [0, 0.1) is 5.92 Å². The molecule has 20 heavy (non-hydrogen) atoms. The van der Waals surface area contributed by atoms with Crippen molar-refractivity contribution < 1.29 is 14.0 Å². The third kappa shape index (κ3) is 5.88. The Balaban J connectivity index is 2.24. The van der Waals surface area contributed by atoms with Crippen LogP contribution in [-0.2, 0) is 4.79 Å². The highest BCUT2D eigenvalue weighted by Gasteiger charge is 2.13. The standard InChI is InChI=1S/C14H23N3O3/c1-10(2)8-11(9-15)17-13(18)5-6-16-14(19)12-4-3-7-20-12/h3-4,7,10-11H,5-6,8-9,15H2,1-2H3,(H,16,19)(H,17,18). The number of amides is 2. The van der Waals surface area contributed by atoms with E-state index in [1.807, 2.05) is 0 Å². The molecule has 0 aliphatic rings. The number of hydrogen-bond donors (Lipinski definition) is 3. The molecule has 0 spiro atoms. The van der Waals surface area contributed by atoms with Crippen molar-refractivity contribution in [3.05, 3.63) is 24.2 Å². The summed E-state index contributed by atoms with van der Waals surface area (Å²) in [6, 6.07) is 3.20. The van der Waals surface area contributed by atoms with Gasteiger partial charge in [-0.25, -0.2) is 0 Å². The molecule has 0 aliphatic heterocycles. The lowest BCUT2D eigenvalue weighted by atomic mass is 10.0. The fourth-order valence-electron chi connectivity index (χ4n) is 1.87. The maximum atomic E-state index is 11.7. The van der Waals surface area contributed by atoms with Gasteiger partial charge < -0.3 is 20.8 Å². The first-order valence-corrected chi connectivity index (χ1v) is 6.84. The molecule has 6 heteroatoms. The molecule has 1 atom stereocenters. The van der Waals surface area contributed by atoms with E-state index < -0.39 is 0 Å². The lowest BCUT2D eigenvalue weighted by Gasteiger charge is -2.18. The number of rotatable bonds is 8. The molecule has 0 saturated heterocycles. The van der Waals surface area contributed by atoms with Crippen molar-refractivity contribution >= 4 is 11.8 Å². The van der Waals surface area contributed by atoms with E-state index in [-0.39, 0.29) is 36.6 Å². The van der Waals surface area contributed by atoms with Gasteiger partial charge in [0, 0.05) is 25.6 Å². The van der Waals surface area contributed by atoms with Gasteiger partial charge in [0.1, 0.15) is 0 Å². The Morgan fingerprint density at radius 3 is 2.70 bits per heavy atom. The Hall–Kier alpha value is -1.82. The highest BCUT2D eigenvalue weighted by Crippen LogP contribution is 2.03. The normalized spacial score (nSPS) is 12.2. The van der Waals surface area contributed by atoms with Gasteiger partial charge in [0.2, 0.25) is 5.91 Å². The summed E-state index contributed by atoms with van der Waals surface area (Å²) in [5.41, 5.74) is 5.61. The average Bonchev–Trinajstić information content (AvgIpc) is 2.91. The largest absolute Gasteiger partial charge is 0.459 e. The minimum absolute atomic E-state index is 0.0109. The molecule has 1 aromatic rings. The quantitative estimate of drug-likeness (QED) is 0.659. The van der Waals surface area contributed by atoms with Crippen LogP contribution in [0.2, 0.25) is 0 Å². The SMILES string of the molecule is CC(C)CC(CN)NC(=O)CCNC(=O)c1ccco1. The van der Waals surface area contributed by atoms with E-state index in [1.54, 1.807) is 12.1 Å². The summed E-state index contributed by atoms with van der Waals surface area (Å²) in [4.78, 5) is 23.3. The van der Waals surface area contributed by atoms with Gasteiger partial charge in [0.05, 0.1) is 6.26 Å². The van der Waals surface area contributed by atoms with E-state index in [9.17, 15) is 9.59 Å². The maximum Gasteiger partial charge on any atom is 0.286 e. The van der Waals surface area contributed by atoms with Crippen molar-refractivity contribution in [2.24, 2.45) is 11.7 Å². The van der Waals surface area contributed by atoms with Gasteiger partial charge in [-0.05, 0) is 24.5 Å². The van der Waals surface area contributed by atoms with Crippen LogP contribution in [0.1, 0.15) is 37.2 Å². The summed E-state index contributed by atoms with van der Waals surface area (Å²) >= 11 is 0. The van der Waals surface area contributed by atoms with Gasteiger partial charge in [-0.3, -0.25) is 9.59 Å². The maximum absolute atomic E-state index is 11.7. The summed E-state index contributed by atoms with van der Waals surface area (Å²) in [6.07, 6.45) is 2.50. The monoisotopic (exact) mass is 281 g/mol. The van der Waals surface area contributed by atoms with Crippen molar-refractivity contribution in [2.75, 3.05) is 13.1 Å². The van der Waals surface area contributed by atoms with E-state index in [4.69, 9.17) is 10.2 Å². The average molecular weight is 281 g/mol. The molecule has 0 fully saturated rings. The molecule has 0 radical (unpaired) electrons. The summed E-state index contributed by atoms with van der Waals surface area (Å²) in [6.45, 7) is 4.85. The number of carbonyl (C=O) groups excluding carboxylic acids is 2. The second kappa shape index (κ2) is 8.37. The molecule has 0 aromatic carbocycles. The number of furan rings is 1. The highest BCUT2D eigenvalue weighted by atomic mass is 16.3. The fourth-order valence-corrected chi connectivity index (χ4v) is 1.87. The van der Waals surface area contributed by atoms with Crippen molar-refractivity contribution in [2.45, 2.75) is 32.7 Å².